The summed E-state index contributed by atoms with van der Waals surface area (Å²) in [6.07, 6.45) is 0.553. The fourth-order valence-corrected chi connectivity index (χ4v) is 6.98. The molecule has 0 amide bonds. The summed E-state index contributed by atoms with van der Waals surface area (Å²) in [5, 5.41) is -0.591. The first-order valence-corrected chi connectivity index (χ1v) is 12.1. The molecule has 0 unspecified atom stereocenters. The Bertz CT molecular complexity index is 1050. The van der Waals surface area contributed by atoms with Crippen LogP contribution in [0.3, 0.4) is 0 Å². The molecule has 0 aromatic heterocycles. The summed E-state index contributed by atoms with van der Waals surface area (Å²) >= 11 is 0. The summed E-state index contributed by atoms with van der Waals surface area (Å²) in [7, 11) is -5.62. The maximum Gasteiger partial charge on any atom is 0.243 e. The molecule has 1 aliphatic heterocycles. The molecule has 1 saturated heterocycles. The van der Waals surface area contributed by atoms with Gasteiger partial charge < -0.3 is 4.74 Å². The van der Waals surface area contributed by atoms with Gasteiger partial charge in [0.2, 0.25) is 10.0 Å². The Kier molecular flexibility index (Phi) is 5.84. The number of aryl methyl sites for hydroxylation is 2. The SMILES string of the molecule is COc1ccc(S(=O)(=O)C2CCN(S(=O)(=O)c3ccc(C)cc3C)CC2)cc1. The van der Waals surface area contributed by atoms with Gasteiger partial charge in [-0.05, 0) is 62.6 Å². The quantitative estimate of drug-likeness (QED) is 0.739. The zero-order valence-electron chi connectivity index (χ0n) is 16.3. The zero-order valence-corrected chi connectivity index (χ0v) is 17.9. The van der Waals surface area contributed by atoms with E-state index in [2.05, 4.69) is 0 Å². The number of piperidine rings is 1. The van der Waals surface area contributed by atoms with Crippen molar-refractivity contribution in [1.29, 1.82) is 0 Å². The fourth-order valence-electron chi connectivity index (χ4n) is 3.57. The Morgan fingerprint density at radius 3 is 2.07 bits per heavy atom. The predicted molar refractivity (Wildman–Crippen MR) is 108 cm³/mol. The first-order chi connectivity index (χ1) is 13.2. The maximum absolute atomic E-state index is 13.0. The highest BCUT2D eigenvalue weighted by atomic mass is 32.2. The number of sulfone groups is 1. The van der Waals surface area contributed by atoms with E-state index < -0.39 is 25.1 Å². The van der Waals surface area contributed by atoms with Crippen LogP contribution in [0.15, 0.2) is 52.3 Å². The molecule has 0 N–H and O–H groups in total. The molecule has 3 rings (SSSR count). The molecule has 2 aromatic carbocycles. The largest absolute Gasteiger partial charge is 0.497 e. The Hall–Kier alpha value is -1.90. The average molecular weight is 424 g/mol. The number of nitrogens with zero attached hydrogens (tertiary/aromatic N) is 1. The molecule has 6 nitrogen and oxygen atoms in total. The van der Waals surface area contributed by atoms with Gasteiger partial charge in [0.25, 0.3) is 0 Å². The van der Waals surface area contributed by atoms with Crippen LogP contribution in [0.4, 0.5) is 0 Å². The predicted octanol–water partition coefficient (Wildman–Crippen LogP) is 2.94. The standard InChI is InChI=1S/C20H25NO5S2/c1-15-4-9-20(16(2)14-15)28(24,25)21-12-10-19(11-13-21)27(22,23)18-7-5-17(26-3)6-8-18/h4-9,14,19H,10-13H2,1-3H3. The van der Waals surface area contributed by atoms with E-state index in [4.69, 9.17) is 4.74 Å². The molecule has 8 heteroatoms. The van der Waals surface area contributed by atoms with Crippen molar-refractivity contribution >= 4 is 19.9 Å². The number of benzene rings is 2. The van der Waals surface area contributed by atoms with Crippen LogP contribution in [-0.2, 0) is 19.9 Å². The van der Waals surface area contributed by atoms with Gasteiger partial charge in [0.1, 0.15) is 5.75 Å². The number of sulfonamides is 1. The molecular formula is C20H25NO5S2. The molecule has 0 aliphatic carbocycles. The maximum atomic E-state index is 13.0. The monoisotopic (exact) mass is 423 g/mol. The summed E-state index contributed by atoms with van der Waals surface area (Å²) in [5.41, 5.74) is 1.70. The van der Waals surface area contributed by atoms with E-state index >= 15 is 0 Å². The Morgan fingerprint density at radius 2 is 1.54 bits per heavy atom. The van der Waals surface area contributed by atoms with Crippen LogP contribution in [0.5, 0.6) is 5.75 Å². The summed E-state index contributed by atoms with van der Waals surface area (Å²) in [6.45, 7) is 4.07. The lowest BCUT2D eigenvalue weighted by Crippen LogP contribution is -2.42. The molecule has 0 saturated carbocycles. The normalized spacial score (nSPS) is 16.8. The minimum absolute atomic E-state index is 0.190. The van der Waals surface area contributed by atoms with Gasteiger partial charge in [-0.1, -0.05) is 17.7 Å². The topological polar surface area (TPSA) is 80.8 Å². The summed E-state index contributed by atoms with van der Waals surface area (Å²) in [4.78, 5) is 0.526. The van der Waals surface area contributed by atoms with Crippen molar-refractivity contribution in [1.82, 2.24) is 4.31 Å². The molecule has 0 radical (unpaired) electrons. The minimum atomic E-state index is -3.63. The molecule has 152 valence electrons. The second kappa shape index (κ2) is 7.85. The molecule has 28 heavy (non-hydrogen) atoms. The third-order valence-corrected chi connectivity index (χ3v) is 9.51. The third-order valence-electron chi connectivity index (χ3n) is 5.18. The van der Waals surface area contributed by atoms with Crippen molar-refractivity contribution in [3.63, 3.8) is 0 Å². The Balaban J connectivity index is 1.76. The first-order valence-electron chi connectivity index (χ1n) is 9.11. The Labute approximate surface area is 167 Å². The molecule has 1 heterocycles. The number of hydrogen-bond donors (Lipinski definition) is 0. The van der Waals surface area contributed by atoms with Crippen LogP contribution >= 0.6 is 0 Å². The fraction of sp³-hybridized carbons (Fsp3) is 0.400. The van der Waals surface area contributed by atoms with Gasteiger partial charge >= 0.3 is 0 Å². The number of rotatable bonds is 5. The number of ether oxygens (including phenoxy) is 1. The summed E-state index contributed by atoms with van der Waals surface area (Å²) in [5.74, 6) is 0.591. The van der Waals surface area contributed by atoms with Crippen molar-refractivity contribution in [2.24, 2.45) is 0 Å². The lowest BCUT2D eigenvalue weighted by molar-refractivity contribution is 0.345. The van der Waals surface area contributed by atoms with Crippen molar-refractivity contribution in [3.8, 4) is 5.75 Å². The van der Waals surface area contributed by atoms with Gasteiger partial charge in [-0.25, -0.2) is 16.8 Å². The van der Waals surface area contributed by atoms with Gasteiger partial charge in [0, 0.05) is 13.1 Å². The van der Waals surface area contributed by atoms with E-state index in [-0.39, 0.29) is 35.7 Å². The van der Waals surface area contributed by atoms with Gasteiger partial charge in [-0.2, -0.15) is 4.31 Å². The van der Waals surface area contributed by atoms with Gasteiger partial charge in [-0.3, -0.25) is 0 Å². The molecule has 0 spiro atoms. The van der Waals surface area contributed by atoms with E-state index in [1.807, 2.05) is 13.0 Å². The lowest BCUT2D eigenvalue weighted by Gasteiger charge is -2.31. The number of methoxy groups -OCH3 is 1. The molecule has 1 aliphatic rings. The van der Waals surface area contributed by atoms with Gasteiger partial charge in [-0.15, -0.1) is 0 Å². The second-order valence-corrected chi connectivity index (χ2v) is 11.2. The second-order valence-electron chi connectivity index (χ2n) is 7.09. The zero-order chi connectivity index (χ0) is 20.5. The van der Waals surface area contributed by atoms with Crippen molar-refractivity contribution < 1.29 is 21.6 Å². The van der Waals surface area contributed by atoms with Crippen molar-refractivity contribution in [3.05, 3.63) is 53.6 Å². The van der Waals surface area contributed by atoms with Crippen LogP contribution in [-0.4, -0.2) is 46.6 Å². The van der Waals surface area contributed by atoms with Crippen LogP contribution in [0, 0.1) is 13.8 Å². The first kappa shape index (κ1) is 20.8. The van der Waals surface area contributed by atoms with Gasteiger partial charge in [0.05, 0.1) is 22.2 Å². The van der Waals surface area contributed by atoms with E-state index in [1.54, 1.807) is 31.2 Å². The van der Waals surface area contributed by atoms with Crippen molar-refractivity contribution in [2.75, 3.05) is 20.2 Å². The smallest absolute Gasteiger partial charge is 0.243 e. The molecule has 0 bridgehead atoms. The Morgan fingerprint density at radius 1 is 0.929 bits per heavy atom. The van der Waals surface area contributed by atoms with Crippen molar-refractivity contribution in [2.45, 2.75) is 41.7 Å². The van der Waals surface area contributed by atoms with Crippen LogP contribution < -0.4 is 4.74 Å². The van der Waals surface area contributed by atoms with E-state index in [9.17, 15) is 16.8 Å². The van der Waals surface area contributed by atoms with Crippen LogP contribution in [0.25, 0.3) is 0 Å². The van der Waals surface area contributed by atoms with E-state index in [0.717, 1.165) is 5.56 Å². The number of hydrogen-bond acceptors (Lipinski definition) is 5. The summed E-state index contributed by atoms with van der Waals surface area (Å²) < 4.78 is 58.2. The molecule has 0 atom stereocenters. The highest BCUT2D eigenvalue weighted by Gasteiger charge is 2.36. The highest BCUT2D eigenvalue weighted by Crippen LogP contribution is 2.29. The van der Waals surface area contributed by atoms with E-state index in [0.29, 0.717) is 11.3 Å². The average Bonchev–Trinajstić information content (AvgIpc) is 2.68. The minimum Gasteiger partial charge on any atom is -0.497 e. The van der Waals surface area contributed by atoms with Crippen LogP contribution in [0.1, 0.15) is 24.0 Å². The highest BCUT2D eigenvalue weighted by molar-refractivity contribution is 7.92. The third kappa shape index (κ3) is 3.94. The lowest BCUT2D eigenvalue weighted by atomic mass is 10.2. The molecular weight excluding hydrogens is 398 g/mol. The molecule has 1 fully saturated rings. The van der Waals surface area contributed by atoms with Gasteiger partial charge in [0.15, 0.2) is 9.84 Å². The van der Waals surface area contributed by atoms with Crippen LogP contribution in [0.2, 0.25) is 0 Å². The van der Waals surface area contributed by atoms with E-state index in [1.165, 1.54) is 23.5 Å². The molecule has 2 aromatic rings. The summed E-state index contributed by atoms with van der Waals surface area (Å²) in [6, 6.07) is 11.5.